The van der Waals surface area contributed by atoms with Gasteiger partial charge in [-0.1, -0.05) is 60.7 Å². The fourth-order valence-electron chi connectivity index (χ4n) is 3.44. The van der Waals surface area contributed by atoms with Gasteiger partial charge in [0, 0.05) is 23.4 Å². The molecule has 27 heavy (non-hydrogen) atoms. The Morgan fingerprint density at radius 2 is 1.59 bits per heavy atom. The van der Waals surface area contributed by atoms with E-state index in [4.69, 9.17) is 5.26 Å². The van der Waals surface area contributed by atoms with Gasteiger partial charge in [0.25, 0.3) is 5.91 Å². The van der Waals surface area contributed by atoms with Gasteiger partial charge in [-0.3, -0.25) is 4.79 Å². The van der Waals surface area contributed by atoms with Crippen molar-refractivity contribution >= 4 is 11.6 Å². The summed E-state index contributed by atoms with van der Waals surface area (Å²) in [5, 5.41) is 12.3. The van der Waals surface area contributed by atoms with Gasteiger partial charge in [0.05, 0.1) is 12.5 Å². The second-order valence-corrected chi connectivity index (χ2v) is 6.58. The van der Waals surface area contributed by atoms with Crippen LogP contribution in [0.15, 0.2) is 78.9 Å². The largest absolute Gasteiger partial charge is 0.361 e. The van der Waals surface area contributed by atoms with Crippen LogP contribution < -0.4 is 5.32 Å². The Balaban J connectivity index is 1.64. The first-order valence-corrected chi connectivity index (χ1v) is 8.92. The van der Waals surface area contributed by atoms with Crippen LogP contribution in [0.5, 0.6) is 0 Å². The highest BCUT2D eigenvalue weighted by Gasteiger charge is 2.36. The second-order valence-electron chi connectivity index (χ2n) is 6.58. The molecule has 0 aromatic heterocycles. The van der Waals surface area contributed by atoms with Crippen molar-refractivity contribution in [2.24, 2.45) is 0 Å². The van der Waals surface area contributed by atoms with Crippen LogP contribution in [-0.2, 0) is 13.0 Å². The lowest BCUT2D eigenvalue weighted by atomic mass is 10.1. The van der Waals surface area contributed by atoms with Crippen molar-refractivity contribution in [2.45, 2.75) is 19.1 Å². The van der Waals surface area contributed by atoms with Gasteiger partial charge in [0.15, 0.2) is 0 Å². The zero-order valence-electron chi connectivity index (χ0n) is 14.8. The van der Waals surface area contributed by atoms with Crippen molar-refractivity contribution in [2.75, 3.05) is 5.32 Å². The third kappa shape index (κ3) is 3.40. The summed E-state index contributed by atoms with van der Waals surface area (Å²) >= 11 is 0. The standard InChI is InChI=1S/C23H19N3O/c24-15-14-17-10-12-19(13-11-17)25-22-20-8-4-5-9-21(20)23(27)26(22)16-18-6-2-1-3-7-18/h1-13,22,25H,14,16H2. The lowest BCUT2D eigenvalue weighted by molar-refractivity contribution is 0.0729. The van der Waals surface area contributed by atoms with Crippen LogP contribution >= 0.6 is 0 Å². The Labute approximate surface area is 158 Å². The normalized spacial score (nSPS) is 15.3. The third-order valence-electron chi connectivity index (χ3n) is 4.79. The summed E-state index contributed by atoms with van der Waals surface area (Å²) in [6.45, 7) is 0.540. The molecule has 0 radical (unpaired) electrons. The molecule has 0 spiro atoms. The lowest BCUT2D eigenvalue weighted by Gasteiger charge is -2.27. The van der Waals surface area contributed by atoms with Gasteiger partial charge in [-0.25, -0.2) is 0 Å². The highest BCUT2D eigenvalue weighted by Crippen LogP contribution is 2.35. The molecule has 0 saturated carbocycles. The van der Waals surface area contributed by atoms with E-state index in [0.29, 0.717) is 13.0 Å². The number of anilines is 1. The average Bonchev–Trinajstić information content (AvgIpc) is 2.97. The van der Waals surface area contributed by atoms with Gasteiger partial charge in [-0.15, -0.1) is 0 Å². The number of nitrogens with zero attached hydrogens (tertiary/aromatic N) is 2. The topological polar surface area (TPSA) is 56.1 Å². The van der Waals surface area contributed by atoms with Crippen molar-refractivity contribution in [3.8, 4) is 6.07 Å². The number of hydrogen-bond donors (Lipinski definition) is 1. The van der Waals surface area contributed by atoms with Crippen molar-refractivity contribution in [1.82, 2.24) is 4.90 Å². The first kappa shape index (κ1) is 16.9. The van der Waals surface area contributed by atoms with Crippen molar-refractivity contribution in [3.05, 3.63) is 101 Å². The molecule has 1 aliphatic rings. The van der Waals surface area contributed by atoms with E-state index in [1.165, 1.54) is 0 Å². The van der Waals surface area contributed by atoms with E-state index in [9.17, 15) is 4.79 Å². The Morgan fingerprint density at radius 3 is 2.33 bits per heavy atom. The van der Waals surface area contributed by atoms with E-state index in [2.05, 4.69) is 11.4 Å². The fourth-order valence-corrected chi connectivity index (χ4v) is 3.44. The van der Waals surface area contributed by atoms with E-state index in [1.54, 1.807) is 0 Å². The Morgan fingerprint density at radius 1 is 0.889 bits per heavy atom. The number of benzene rings is 3. The van der Waals surface area contributed by atoms with Gasteiger partial charge in [-0.2, -0.15) is 5.26 Å². The monoisotopic (exact) mass is 353 g/mol. The molecule has 0 saturated heterocycles. The Kier molecular flexibility index (Phi) is 4.59. The van der Waals surface area contributed by atoms with E-state index in [0.717, 1.165) is 27.9 Å². The molecule has 4 heteroatoms. The van der Waals surface area contributed by atoms with Crippen LogP contribution in [0.3, 0.4) is 0 Å². The average molecular weight is 353 g/mol. The molecule has 3 aromatic rings. The van der Waals surface area contributed by atoms with Gasteiger partial charge in [0.1, 0.15) is 6.17 Å². The molecule has 1 unspecified atom stereocenters. The van der Waals surface area contributed by atoms with Crippen LogP contribution in [0.25, 0.3) is 0 Å². The van der Waals surface area contributed by atoms with Crippen molar-refractivity contribution in [3.63, 3.8) is 0 Å². The van der Waals surface area contributed by atoms with Crippen LogP contribution in [0.1, 0.15) is 33.2 Å². The van der Waals surface area contributed by atoms with Gasteiger partial charge in [0.2, 0.25) is 0 Å². The molecule has 1 aliphatic heterocycles. The maximum absolute atomic E-state index is 13.0. The van der Waals surface area contributed by atoms with E-state index < -0.39 is 0 Å². The van der Waals surface area contributed by atoms with Crippen LogP contribution in [0.2, 0.25) is 0 Å². The SMILES string of the molecule is N#CCc1ccc(NC2c3ccccc3C(=O)N2Cc2ccccc2)cc1. The van der Waals surface area contributed by atoms with Crippen LogP contribution in [0, 0.1) is 11.3 Å². The predicted molar refractivity (Wildman–Crippen MR) is 105 cm³/mol. The van der Waals surface area contributed by atoms with Crippen LogP contribution in [0.4, 0.5) is 5.69 Å². The molecule has 4 rings (SSSR count). The highest BCUT2D eigenvalue weighted by atomic mass is 16.2. The quantitative estimate of drug-likeness (QED) is 0.734. The van der Waals surface area contributed by atoms with Crippen LogP contribution in [-0.4, -0.2) is 10.8 Å². The molecule has 1 heterocycles. The zero-order valence-corrected chi connectivity index (χ0v) is 14.8. The van der Waals surface area contributed by atoms with E-state index in [1.807, 2.05) is 83.8 Å². The highest BCUT2D eigenvalue weighted by molar-refractivity contribution is 5.99. The Hall–Kier alpha value is -3.58. The molecule has 3 aromatic carbocycles. The number of nitrogens with one attached hydrogen (secondary N) is 1. The van der Waals surface area contributed by atoms with Gasteiger partial charge in [-0.05, 0) is 29.3 Å². The lowest BCUT2D eigenvalue weighted by Crippen LogP contribution is -2.31. The fraction of sp³-hybridized carbons (Fsp3) is 0.130. The minimum absolute atomic E-state index is 0.0352. The van der Waals surface area contributed by atoms with Crippen molar-refractivity contribution in [1.29, 1.82) is 5.26 Å². The molecule has 0 fully saturated rings. The number of nitriles is 1. The van der Waals surface area contributed by atoms with E-state index >= 15 is 0 Å². The first-order valence-electron chi connectivity index (χ1n) is 8.92. The predicted octanol–water partition coefficient (Wildman–Crippen LogP) is 4.52. The first-order chi connectivity index (χ1) is 13.3. The molecular weight excluding hydrogens is 334 g/mol. The molecule has 1 amide bonds. The van der Waals surface area contributed by atoms with E-state index in [-0.39, 0.29) is 12.1 Å². The summed E-state index contributed by atoms with van der Waals surface area (Å²) in [7, 11) is 0. The molecular formula is C23H19N3O. The smallest absolute Gasteiger partial charge is 0.256 e. The molecule has 0 bridgehead atoms. The number of carbonyl (C=O) groups is 1. The summed E-state index contributed by atoms with van der Waals surface area (Å²) in [5.41, 5.74) is 4.72. The second kappa shape index (κ2) is 7.35. The molecule has 4 nitrogen and oxygen atoms in total. The molecule has 132 valence electrons. The van der Waals surface area contributed by atoms with Crippen molar-refractivity contribution < 1.29 is 4.79 Å². The summed E-state index contributed by atoms with van der Waals surface area (Å²) in [6.07, 6.45) is 0.168. The van der Waals surface area contributed by atoms with Gasteiger partial charge < -0.3 is 10.2 Å². The maximum Gasteiger partial charge on any atom is 0.256 e. The minimum atomic E-state index is -0.226. The number of rotatable bonds is 5. The number of fused-ring (bicyclic) bond motifs is 1. The number of hydrogen-bond acceptors (Lipinski definition) is 3. The summed E-state index contributed by atoms with van der Waals surface area (Å²) in [4.78, 5) is 14.9. The molecule has 0 aliphatic carbocycles. The summed E-state index contributed by atoms with van der Waals surface area (Å²) < 4.78 is 0. The zero-order chi connectivity index (χ0) is 18.6. The summed E-state index contributed by atoms with van der Waals surface area (Å²) in [5.74, 6) is 0.0352. The third-order valence-corrected chi connectivity index (χ3v) is 4.79. The molecule has 1 atom stereocenters. The maximum atomic E-state index is 13.0. The van der Waals surface area contributed by atoms with Gasteiger partial charge >= 0.3 is 0 Å². The summed E-state index contributed by atoms with van der Waals surface area (Å²) in [6, 6.07) is 27.7. The number of carbonyl (C=O) groups excluding carboxylic acids is 1. The Bertz CT molecular complexity index is 990. The number of amides is 1. The minimum Gasteiger partial charge on any atom is -0.361 e. The molecule has 1 N–H and O–H groups in total.